The molecule has 0 aliphatic heterocycles. The van der Waals surface area contributed by atoms with Crippen molar-refractivity contribution in [1.29, 1.82) is 0 Å². The standard InChI is InChI=1S/C14H12Br2F3NS/c1-2-20-12(11-7-10(15)13(16)21-11)8-4-3-5-9(6-8)14(17,18)19/h3-7,12,20H,2H2,1H3. The van der Waals surface area contributed by atoms with E-state index in [1.165, 1.54) is 23.5 Å². The number of alkyl halides is 3. The molecule has 1 aromatic heterocycles. The summed E-state index contributed by atoms with van der Waals surface area (Å²) in [6.45, 7) is 2.59. The lowest BCUT2D eigenvalue weighted by molar-refractivity contribution is -0.137. The first-order valence-electron chi connectivity index (χ1n) is 6.18. The number of benzene rings is 1. The van der Waals surface area contributed by atoms with Crippen molar-refractivity contribution in [3.63, 3.8) is 0 Å². The van der Waals surface area contributed by atoms with Crippen LogP contribution >= 0.6 is 43.2 Å². The molecule has 0 saturated carbocycles. The van der Waals surface area contributed by atoms with E-state index >= 15 is 0 Å². The molecule has 0 bridgehead atoms. The second-order valence-electron chi connectivity index (χ2n) is 4.38. The Labute approximate surface area is 141 Å². The third-order valence-corrected chi connectivity index (χ3v) is 6.23. The normalized spacial score (nSPS) is 13.4. The van der Waals surface area contributed by atoms with Gasteiger partial charge in [-0.2, -0.15) is 13.2 Å². The summed E-state index contributed by atoms with van der Waals surface area (Å²) in [6, 6.07) is 7.11. The van der Waals surface area contributed by atoms with Gasteiger partial charge in [0, 0.05) is 9.35 Å². The maximum absolute atomic E-state index is 12.9. The van der Waals surface area contributed by atoms with E-state index in [0.717, 1.165) is 19.2 Å². The lowest BCUT2D eigenvalue weighted by Crippen LogP contribution is -2.21. The van der Waals surface area contributed by atoms with Gasteiger partial charge < -0.3 is 5.32 Å². The predicted octanol–water partition coefficient (Wildman–Crippen LogP) is 5.99. The molecular formula is C14H12Br2F3NS. The fourth-order valence-corrected chi connectivity index (χ4v) is 4.18. The van der Waals surface area contributed by atoms with E-state index in [2.05, 4.69) is 37.2 Å². The molecule has 1 nitrogen and oxygen atoms in total. The largest absolute Gasteiger partial charge is 0.416 e. The molecule has 1 aromatic carbocycles. The Bertz CT molecular complexity index is 605. The number of nitrogens with one attached hydrogen (secondary N) is 1. The van der Waals surface area contributed by atoms with Crippen molar-refractivity contribution < 1.29 is 13.2 Å². The summed E-state index contributed by atoms with van der Waals surface area (Å²) in [4.78, 5) is 0.954. The van der Waals surface area contributed by atoms with E-state index in [1.807, 2.05) is 13.0 Å². The van der Waals surface area contributed by atoms with Crippen LogP contribution in [-0.2, 0) is 6.18 Å². The summed E-state index contributed by atoms with van der Waals surface area (Å²) in [5.74, 6) is 0. The molecular weight excluding hydrogens is 431 g/mol. The summed E-state index contributed by atoms with van der Waals surface area (Å²) in [7, 11) is 0. The minimum Gasteiger partial charge on any atom is -0.306 e. The van der Waals surface area contributed by atoms with Gasteiger partial charge >= 0.3 is 6.18 Å². The van der Waals surface area contributed by atoms with E-state index < -0.39 is 11.7 Å². The Morgan fingerprint density at radius 3 is 2.48 bits per heavy atom. The summed E-state index contributed by atoms with van der Waals surface area (Å²) in [5, 5.41) is 3.24. The molecule has 1 heterocycles. The monoisotopic (exact) mass is 441 g/mol. The van der Waals surface area contributed by atoms with Crippen molar-refractivity contribution in [2.24, 2.45) is 0 Å². The van der Waals surface area contributed by atoms with Crippen LogP contribution in [0.25, 0.3) is 0 Å². The summed E-state index contributed by atoms with van der Waals surface area (Å²) < 4.78 is 40.4. The van der Waals surface area contributed by atoms with E-state index in [0.29, 0.717) is 12.1 Å². The van der Waals surface area contributed by atoms with Crippen LogP contribution in [0.15, 0.2) is 38.6 Å². The van der Waals surface area contributed by atoms with Crippen molar-refractivity contribution in [3.8, 4) is 0 Å². The fraction of sp³-hybridized carbons (Fsp3) is 0.286. The number of hydrogen-bond donors (Lipinski definition) is 1. The highest BCUT2D eigenvalue weighted by atomic mass is 79.9. The van der Waals surface area contributed by atoms with Gasteiger partial charge in [0.05, 0.1) is 15.4 Å². The molecule has 0 spiro atoms. The average molecular weight is 443 g/mol. The molecule has 21 heavy (non-hydrogen) atoms. The first kappa shape index (κ1) is 17.0. The second kappa shape index (κ2) is 6.81. The number of hydrogen-bond acceptors (Lipinski definition) is 2. The van der Waals surface area contributed by atoms with Crippen molar-refractivity contribution in [3.05, 3.63) is 54.6 Å². The van der Waals surface area contributed by atoms with Crippen LogP contribution in [0.4, 0.5) is 13.2 Å². The van der Waals surface area contributed by atoms with Gasteiger partial charge in [0.15, 0.2) is 0 Å². The zero-order valence-electron chi connectivity index (χ0n) is 11.0. The first-order valence-corrected chi connectivity index (χ1v) is 8.58. The molecule has 0 fully saturated rings. The van der Waals surface area contributed by atoms with E-state index in [1.54, 1.807) is 6.07 Å². The molecule has 2 aromatic rings. The van der Waals surface area contributed by atoms with Gasteiger partial charge in [-0.05, 0) is 62.2 Å². The van der Waals surface area contributed by atoms with E-state index in [-0.39, 0.29) is 6.04 Å². The Morgan fingerprint density at radius 1 is 1.24 bits per heavy atom. The molecule has 1 unspecified atom stereocenters. The molecule has 114 valence electrons. The molecule has 2 rings (SSSR count). The Balaban J connectivity index is 2.43. The number of rotatable bonds is 4. The zero-order valence-corrected chi connectivity index (χ0v) is 15.0. The Morgan fingerprint density at radius 2 is 1.95 bits per heavy atom. The lowest BCUT2D eigenvalue weighted by Gasteiger charge is -2.18. The Hall–Kier alpha value is -0.370. The third kappa shape index (κ3) is 4.09. The molecule has 1 N–H and O–H groups in total. The number of thiophene rings is 1. The summed E-state index contributed by atoms with van der Waals surface area (Å²) >= 11 is 8.32. The van der Waals surface area contributed by atoms with Crippen molar-refractivity contribution in [2.75, 3.05) is 6.54 Å². The van der Waals surface area contributed by atoms with Gasteiger partial charge in [-0.25, -0.2) is 0 Å². The van der Waals surface area contributed by atoms with Crippen LogP contribution < -0.4 is 5.32 Å². The van der Waals surface area contributed by atoms with Crippen LogP contribution in [0.2, 0.25) is 0 Å². The maximum atomic E-state index is 12.9. The van der Waals surface area contributed by atoms with Gasteiger partial charge in [-0.15, -0.1) is 11.3 Å². The highest BCUT2D eigenvalue weighted by Gasteiger charge is 2.31. The van der Waals surface area contributed by atoms with E-state index in [9.17, 15) is 13.2 Å². The summed E-state index contributed by atoms with van der Waals surface area (Å²) in [6.07, 6.45) is -4.33. The summed E-state index contributed by atoms with van der Waals surface area (Å²) in [5.41, 5.74) is -0.0227. The molecule has 0 aliphatic carbocycles. The highest BCUT2D eigenvalue weighted by Crippen LogP contribution is 2.38. The zero-order chi connectivity index (χ0) is 15.6. The predicted molar refractivity (Wildman–Crippen MR) is 86.7 cm³/mol. The van der Waals surface area contributed by atoms with Crippen molar-refractivity contribution >= 4 is 43.2 Å². The maximum Gasteiger partial charge on any atom is 0.416 e. The lowest BCUT2D eigenvalue weighted by atomic mass is 10.0. The highest BCUT2D eigenvalue weighted by molar-refractivity contribution is 9.13. The first-order chi connectivity index (χ1) is 9.82. The van der Waals surface area contributed by atoms with Gasteiger partial charge in [-0.1, -0.05) is 19.1 Å². The quantitative estimate of drug-likeness (QED) is 0.613. The molecule has 0 amide bonds. The van der Waals surface area contributed by atoms with Crippen molar-refractivity contribution in [1.82, 2.24) is 5.32 Å². The average Bonchev–Trinajstić information content (AvgIpc) is 2.75. The topological polar surface area (TPSA) is 12.0 Å². The molecule has 1 atom stereocenters. The fourth-order valence-electron chi connectivity index (χ4n) is 1.99. The van der Waals surface area contributed by atoms with Crippen LogP contribution in [-0.4, -0.2) is 6.54 Å². The van der Waals surface area contributed by atoms with Gasteiger partial charge in [-0.3, -0.25) is 0 Å². The molecule has 0 aliphatic rings. The van der Waals surface area contributed by atoms with Crippen LogP contribution in [0.3, 0.4) is 0 Å². The van der Waals surface area contributed by atoms with Crippen LogP contribution in [0.1, 0.15) is 29.0 Å². The SMILES string of the molecule is CCNC(c1cccc(C(F)(F)F)c1)c1cc(Br)c(Br)s1. The van der Waals surface area contributed by atoms with Gasteiger partial charge in [0.2, 0.25) is 0 Å². The van der Waals surface area contributed by atoms with Gasteiger partial charge in [0.1, 0.15) is 0 Å². The minimum atomic E-state index is -4.33. The van der Waals surface area contributed by atoms with Gasteiger partial charge in [0.25, 0.3) is 0 Å². The van der Waals surface area contributed by atoms with E-state index in [4.69, 9.17) is 0 Å². The molecule has 0 radical (unpaired) electrons. The molecule has 0 saturated heterocycles. The second-order valence-corrected chi connectivity index (χ2v) is 7.64. The van der Waals surface area contributed by atoms with Crippen LogP contribution in [0, 0.1) is 0 Å². The minimum absolute atomic E-state index is 0.259. The third-order valence-electron chi connectivity index (χ3n) is 2.90. The molecule has 7 heteroatoms. The van der Waals surface area contributed by atoms with Crippen LogP contribution in [0.5, 0.6) is 0 Å². The smallest absolute Gasteiger partial charge is 0.306 e. The number of halogens is 5. The van der Waals surface area contributed by atoms with Crippen molar-refractivity contribution in [2.45, 2.75) is 19.1 Å². The Kier molecular flexibility index (Phi) is 5.51.